The lowest BCUT2D eigenvalue weighted by Crippen LogP contribution is -2.14. The number of carbonyl (C=O) groups is 2. The molecule has 2 aromatic rings. The average molecular weight is 268 g/mol. The maximum absolute atomic E-state index is 12.3. The Kier molecular flexibility index (Phi) is 5.05. The largest absolute Gasteiger partial charge is 0.290 e. The van der Waals surface area contributed by atoms with Gasteiger partial charge in [0.05, 0.1) is 0 Å². The fourth-order valence-corrected chi connectivity index (χ4v) is 2.40. The second-order valence-electron chi connectivity index (χ2n) is 5.09. The molecule has 0 aliphatic rings. The molecule has 2 rings (SSSR count). The fourth-order valence-electron chi connectivity index (χ4n) is 2.40. The minimum atomic E-state index is -0.349. The second kappa shape index (κ2) is 6.99. The van der Waals surface area contributed by atoms with Gasteiger partial charge in [0.15, 0.2) is 0 Å². The molecule has 0 spiro atoms. The number of carbonyl (C=O) groups excluding carboxylic acids is 2. The highest BCUT2D eigenvalue weighted by Crippen LogP contribution is 2.19. The molecule has 0 bridgehead atoms. The van der Waals surface area contributed by atoms with Crippen molar-refractivity contribution in [3.63, 3.8) is 0 Å². The number of fused-ring (bicyclic) bond motifs is 1. The number of hydrogen-bond acceptors (Lipinski definition) is 2. The van der Waals surface area contributed by atoms with Crippen LogP contribution in [0, 0.1) is 0 Å². The van der Waals surface area contributed by atoms with Crippen LogP contribution in [0.3, 0.4) is 0 Å². The molecule has 0 aromatic heterocycles. The lowest BCUT2D eigenvalue weighted by Gasteiger charge is -2.05. The summed E-state index contributed by atoms with van der Waals surface area (Å²) in [5.41, 5.74) is 0.531. The molecule has 0 atom stereocenters. The van der Waals surface area contributed by atoms with Gasteiger partial charge in [0.2, 0.25) is 11.6 Å². The van der Waals surface area contributed by atoms with E-state index in [4.69, 9.17) is 0 Å². The van der Waals surface area contributed by atoms with Crippen LogP contribution in [-0.4, -0.2) is 11.6 Å². The van der Waals surface area contributed by atoms with Crippen LogP contribution in [0.1, 0.15) is 49.4 Å². The predicted molar refractivity (Wildman–Crippen MR) is 82.0 cm³/mol. The molecule has 0 fully saturated rings. The Bertz CT molecular complexity index is 608. The first-order valence-electron chi connectivity index (χ1n) is 7.29. The number of hydrogen-bond donors (Lipinski definition) is 0. The van der Waals surface area contributed by atoms with Crippen LogP contribution in [-0.2, 0) is 4.79 Å². The summed E-state index contributed by atoms with van der Waals surface area (Å²) in [5.74, 6) is -0.615. The van der Waals surface area contributed by atoms with Gasteiger partial charge in [-0.3, -0.25) is 9.59 Å². The number of rotatable bonds is 7. The summed E-state index contributed by atoms with van der Waals surface area (Å²) in [6.45, 7) is 2.13. The molecule has 2 nitrogen and oxygen atoms in total. The molecule has 104 valence electrons. The minimum Gasteiger partial charge on any atom is -0.290 e. The Morgan fingerprint density at radius 2 is 1.65 bits per heavy atom. The first-order valence-corrected chi connectivity index (χ1v) is 7.29. The molecule has 2 heteroatoms. The molecule has 0 saturated heterocycles. The third kappa shape index (κ3) is 3.32. The number of benzene rings is 2. The molecule has 20 heavy (non-hydrogen) atoms. The highest BCUT2D eigenvalue weighted by atomic mass is 16.2. The van der Waals surface area contributed by atoms with E-state index in [0.29, 0.717) is 12.0 Å². The van der Waals surface area contributed by atoms with Crippen molar-refractivity contribution in [2.45, 2.75) is 39.0 Å². The van der Waals surface area contributed by atoms with Crippen LogP contribution in [0.5, 0.6) is 0 Å². The number of unbranched alkanes of at least 4 members (excludes halogenated alkanes) is 3. The molecular formula is C18H20O2. The van der Waals surface area contributed by atoms with Crippen LogP contribution >= 0.6 is 0 Å². The standard InChI is InChI=1S/C18H20O2/c1-2-3-4-5-13-17(19)18(20)16-12-8-10-14-9-6-7-11-15(14)16/h6-12H,2-5,13H2,1H3. The van der Waals surface area contributed by atoms with E-state index in [1.54, 1.807) is 6.07 Å². The van der Waals surface area contributed by atoms with Crippen molar-refractivity contribution in [1.82, 2.24) is 0 Å². The zero-order valence-corrected chi connectivity index (χ0v) is 11.9. The molecule has 0 N–H and O–H groups in total. The summed E-state index contributed by atoms with van der Waals surface area (Å²) in [4.78, 5) is 24.3. The molecule has 0 heterocycles. The van der Waals surface area contributed by atoms with E-state index >= 15 is 0 Å². The third-order valence-electron chi connectivity index (χ3n) is 3.54. The van der Waals surface area contributed by atoms with Crippen molar-refractivity contribution < 1.29 is 9.59 Å². The Morgan fingerprint density at radius 1 is 0.900 bits per heavy atom. The van der Waals surface area contributed by atoms with E-state index < -0.39 is 0 Å². The van der Waals surface area contributed by atoms with Gasteiger partial charge >= 0.3 is 0 Å². The van der Waals surface area contributed by atoms with Crippen molar-refractivity contribution in [1.29, 1.82) is 0 Å². The Balaban J connectivity index is 2.13. The topological polar surface area (TPSA) is 34.1 Å². The van der Waals surface area contributed by atoms with Gasteiger partial charge in [-0.2, -0.15) is 0 Å². The van der Waals surface area contributed by atoms with E-state index in [2.05, 4.69) is 6.92 Å². The van der Waals surface area contributed by atoms with Crippen molar-refractivity contribution in [2.24, 2.45) is 0 Å². The van der Waals surface area contributed by atoms with E-state index in [-0.39, 0.29) is 11.6 Å². The lowest BCUT2D eigenvalue weighted by molar-refractivity contribution is -0.115. The molecule has 0 aliphatic heterocycles. The highest BCUT2D eigenvalue weighted by molar-refractivity contribution is 6.45. The summed E-state index contributed by atoms with van der Waals surface area (Å²) in [6, 6.07) is 13.2. The summed E-state index contributed by atoms with van der Waals surface area (Å²) < 4.78 is 0. The Morgan fingerprint density at radius 3 is 2.45 bits per heavy atom. The Hall–Kier alpha value is -1.96. The lowest BCUT2D eigenvalue weighted by atomic mass is 9.97. The van der Waals surface area contributed by atoms with Crippen LogP contribution in [0.4, 0.5) is 0 Å². The van der Waals surface area contributed by atoms with Gasteiger partial charge in [0.25, 0.3) is 0 Å². The summed E-state index contributed by atoms with van der Waals surface area (Å²) in [5, 5.41) is 1.86. The summed E-state index contributed by atoms with van der Waals surface area (Å²) in [6.07, 6.45) is 4.44. The normalized spacial score (nSPS) is 10.7. The van der Waals surface area contributed by atoms with E-state index in [1.807, 2.05) is 36.4 Å². The molecular weight excluding hydrogens is 248 g/mol. The third-order valence-corrected chi connectivity index (χ3v) is 3.54. The van der Waals surface area contributed by atoms with Gasteiger partial charge in [-0.05, 0) is 17.2 Å². The van der Waals surface area contributed by atoms with Crippen LogP contribution in [0.15, 0.2) is 42.5 Å². The first-order chi connectivity index (χ1) is 9.74. The van der Waals surface area contributed by atoms with Gasteiger partial charge in [0.1, 0.15) is 0 Å². The Labute approximate surface area is 119 Å². The van der Waals surface area contributed by atoms with Crippen molar-refractivity contribution in [3.05, 3.63) is 48.0 Å². The average Bonchev–Trinajstić information content (AvgIpc) is 2.50. The van der Waals surface area contributed by atoms with E-state index in [1.165, 1.54) is 0 Å². The highest BCUT2D eigenvalue weighted by Gasteiger charge is 2.17. The van der Waals surface area contributed by atoms with Crippen molar-refractivity contribution >= 4 is 22.3 Å². The first kappa shape index (κ1) is 14.4. The maximum atomic E-state index is 12.3. The zero-order chi connectivity index (χ0) is 14.4. The number of Topliss-reactive ketones (excluding diaryl/α,β-unsaturated/α-hetero) is 2. The van der Waals surface area contributed by atoms with Crippen LogP contribution in [0.2, 0.25) is 0 Å². The second-order valence-corrected chi connectivity index (χ2v) is 5.09. The van der Waals surface area contributed by atoms with Gasteiger partial charge < -0.3 is 0 Å². The summed E-state index contributed by atoms with van der Waals surface area (Å²) >= 11 is 0. The van der Waals surface area contributed by atoms with Crippen LogP contribution < -0.4 is 0 Å². The van der Waals surface area contributed by atoms with E-state index in [0.717, 1.165) is 36.5 Å². The molecule has 0 aliphatic carbocycles. The van der Waals surface area contributed by atoms with Gasteiger partial charge in [-0.1, -0.05) is 68.7 Å². The van der Waals surface area contributed by atoms with Crippen molar-refractivity contribution in [3.8, 4) is 0 Å². The predicted octanol–water partition coefficient (Wildman–Crippen LogP) is 4.56. The molecule has 0 radical (unpaired) electrons. The maximum Gasteiger partial charge on any atom is 0.229 e. The smallest absolute Gasteiger partial charge is 0.229 e. The fraction of sp³-hybridized carbons (Fsp3) is 0.333. The van der Waals surface area contributed by atoms with Gasteiger partial charge in [0, 0.05) is 12.0 Å². The molecule has 2 aromatic carbocycles. The quantitative estimate of drug-likeness (QED) is 0.419. The van der Waals surface area contributed by atoms with Crippen LogP contribution in [0.25, 0.3) is 10.8 Å². The SMILES string of the molecule is CCCCCCC(=O)C(=O)c1cccc2ccccc12. The van der Waals surface area contributed by atoms with Gasteiger partial charge in [-0.15, -0.1) is 0 Å². The monoisotopic (exact) mass is 268 g/mol. The van der Waals surface area contributed by atoms with E-state index in [9.17, 15) is 9.59 Å². The number of ketones is 2. The molecule has 0 amide bonds. The van der Waals surface area contributed by atoms with Gasteiger partial charge in [-0.25, -0.2) is 0 Å². The zero-order valence-electron chi connectivity index (χ0n) is 11.9. The minimum absolute atomic E-state index is 0.266. The van der Waals surface area contributed by atoms with Crippen molar-refractivity contribution in [2.75, 3.05) is 0 Å². The molecule has 0 unspecified atom stereocenters. The molecule has 0 saturated carbocycles. The summed E-state index contributed by atoms with van der Waals surface area (Å²) in [7, 11) is 0.